The van der Waals surface area contributed by atoms with Gasteiger partial charge in [-0.25, -0.2) is 9.59 Å². The lowest BCUT2D eigenvalue weighted by Gasteiger charge is -2.22. The molecule has 2 unspecified atom stereocenters. The average molecular weight is 366 g/mol. The third-order valence-electron chi connectivity index (χ3n) is 3.42. The zero-order valence-corrected chi connectivity index (χ0v) is 14.2. The number of phenols is 1. The number of phenolic OH excluding ortho intramolecular Hbond substituents is 1. The van der Waals surface area contributed by atoms with Crippen molar-refractivity contribution in [2.45, 2.75) is 18.6 Å². The Kier molecular flexibility index (Phi) is 8.26. The number of carboxylic acids is 2. The Morgan fingerprint density at radius 3 is 2.27 bits per heavy atom. The molecular formula is C17H22N2O7. The van der Waals surface area contributed by atoms with Crippen LogP contribution in [0.1, 0.15) is 12.0 Å². The summed E-state index contributed by atoms with van der Waals surface area (Å²) in [5.41, 5.74) is 0.988. The van der Waals surface area contributed by atoms with Crippen LogP contribution in [0, 0.1) is 0 Å². The Bertz CT molecular complexity index is 669. The van der Waals surface area contributed by atoms with Gasteiger partial charge in [-0.15, -0.1) is 0 Å². The van der Waals surface area contributed by atoms with Gasteiger partial charge in [0, 0.05) is 20.1 Å². The van der Waals surface area contributed by atoms with Gasteiger partial charge in [-0.05, 0) is 30.2 Å². The van der Waals surface area contributed by atoms with Gasteiger partial charge in [0.2, 0.25) is 0 Å². The fourth-order valence-corrected chi connectivity index (χ4v) is 1.99. The molecule has 142 valence electrons. The maximum atomic E-state index is 9.77. The first-order valence-corrected chi connectivity index (χ1v) is 7.77. The van der Waals surface area contributed by atoms with E-state index in [-0.39, 0.29) is 0 Å². The predicted molar refractivity (Wildman–Crippen MR) is 94.0 cm³/mol. The third kappa shape index (κ3) is 6.91. The number of aliphatic imine (C=N–C) groups is 1. The van der Waals surface area contributed by atoms with Gasteiger partial charge in [0.15, 0.2) is 12.2 Å². The Hall–Kier alpha value is -2.91. The van der Waals surface area contributed by atoms with Crippen molar-refractivity contribution in [3.63, 3.8) is 0 Å². The summed E-state index contributed by atoms with van der Waals surface area (Å²) in [5.74, 6) is -2.24. The fourth-order valence-electron chi connectivity index (χ4n) is 1.99. The van der Waals surface area contributed by atoms with Crippen molar-refractivity contribution >= 4 is 23.9 Å². The Labute approximate surface area is 150 Å². The summed E-state index contributed by atoms with van der Waals surface area (Å²) in [6.07, 6.45) is 0.559. The van der Waals surface area contributed by atoms with E-state index in [4.69, 9.17) is 20.4 Å². The smallest absolute Gasteiger partial charge is 0.335 e. The molecule has 9 nitrogen and oxygen atoms in total. The van der Waals surface area contributed by atoms with Crippen LogP contribution in [0.4, 0.5) is 0 Å². The minimum absolute atomic E-state index is 0.293. The maximum Gasteiger partial charge on any atom is 0.335 e. The van der Waals surface area contributed by atoms with Gasteiger partial charge in [-0.3, -0.25) is 4.99 Å². The molecule has 1 aliphatic rings. The molecule has 0 fully saturated rings. The number of aliphatic hydroxyl groups is 2. The Morgan fingerprint density at radius 1 is 1.15 bits per heavy atom. The van der Waals surface area contributed by atoms with Crippen molar-refractivity contribution in [2.75, 3.05) is 20.1 Å². The number of hydrogen-bond donors (Lipinski definition) is 5. The highest BCUT2D eigenvalue weighted by Crippen LogP contribution is 2.12. The first kappa shape index (κ1) is 21.1. The second kappa shape index (κ2) is 10.2. The molecule has 0 spiro atoms. The highest BCUT2D eigenvalue weighted by molar-refractivity contribution is 5.96. The predicted octanol–water partition coefficient (Wildman–Crippen LogP) is 0.0168. The molecule has 0 aromatic heterocycles. The summed E-state index contributed by atoms with van der Waals surface area (Å²) in [6.45, 7) is 1.97. The Morgan fingerprint density at radius 2 is 1.77 bits per heavy atom. The van der Waals surface area contributed by atoms with Gasteiger partial charge in [-0.1, -0.05) is 18.2 Å². The molecule has 26 heavy (non-hydrogen) atoms. The Balaban J connectivity index is 0.000000294. The van der Waals surface area contributed by atoms with Crippen molar-refractivity contribution < 1.29 is 35.1 Å². The third-order valence-corrected chi connectivity index (χ3v) is 3.42. The van der Waals surface area contributed by atoms with Crippen molar-refractivity contribution in [1.82, 2.24) is 4.90 Å². The minimum atomic E-state index is -2.27. The first-order chi connectivity index (χ1) is 12.2. The summed E-state index contributed by atoms with van der Waals surface area (Å²) in [5, 5.41) is 41.9. The van der Waals surface area contributed by atoms with Crippen LogP contribution >= 0.6 is 0 Å². The lowest BCUT2D eigenvalue weighted by Crippen LogP contribution is -2.39. The maximum absolute atomic E-state index is 9.77. The van der Waals surface area contributed by atoms with Crippen molar-refractivity contribution in [2.24, 2.45) is 4.99 Å². The average Bonchev–Trinajstić information content (AvgIpc) is 2.60. The summed E-state index contributed by atoms with van der Waals surface area (Å²) in [6, 6.07) is 7.20. The van der Waals surface area contributed by atoms with Gasteiger partial charge in [-0.2, -0.15) is 0 Å². The van der Waals surface area contributed by atoms with E-state index in [1.165, 1.54) is 0 Å². The number of aliphatic hydroxyl groups excluding tert-OH is 2. The van der Waals surface area contributed by atoms with E-state index in [2.05, 4.69) is 9.89 Å². The minimum Gasteiger partial charge on any atom is -0.508 e. The number of carbonyl (C=O) groups is 2. The molecule has 5 N–H and O–H groups in total. The van der Waals surface area contributed by atoms with E-state index in [0.29, 0.717) is 5.75 Å². The highest BCUT2D eigenvalue weighted by Gasteiger charge is 2.29. The van der Waals surface area contributed by atoms with E-state index < -0.39 is 24.1 Å². The van der Waals surface area contributed by atoms with Crippen LogP contribution in [0.25, 0.3) is 6.08 Å². The number of benzene rings is 1. The lowest BCUT2D eigenvalue weighted by molar-refractivity contribution is -0.165. The quantitative estimate of drug-likeness (QED) is 0.489. The normalized spacial score (nSPS) is 16.3. The molecule has 0 saturated heterocycles. The molecule has 0 bridgehead atoms. The van der Waals surface area contributed by atoms with Crippen LogP contribution in [0.2, 0.25) is 0 Å². The first-order valence-electron chi connectivity index (χ1n) is 7.77. The molecule has 0 saturated carbocycles. The topological polar surface area (TPSA) is 151 Å². The molecule has 1 aliphatic heterocycles. The zero-order chi connectivity index (χ0) is 19.7. The molecule has 1 aromatic carbocycles. The molecule has 0 aliphatic carbocycles. The van der Waals surface area contributed by atoms with Gasteiger partial charge in [0.25, 0.3) is 0 Å². The van der Waals surface area contributed by atoms with Crippen molar-refractivity contribution in [3.8, 4) is 5.75 Å². The summed E-state index contributed by atoms with van der Waals surface area (Å²) in [7, 11) is 2.05. The molecule has 2 atom stereocenters. The van der Waals surface area contributed by atoms with Gasteiger partial charge in [0.1, 0.15) is 11.6 Å². The molecule has 2 rings (SSSR count). The summed E-state index contributed by atoms with van der Waals surface area (Å²) < 4.78 is 0. The molecular weight excluding hydrogens is 344 g/mol. The zero-order valence-electron chi connectivity index (χ0n) is 14.2. The van der Waals surface area contributed by atoms with Crippen LogP contribution in [-0.2, 0) is 9.59 Å². The number of likely N-dealkylation sites (N-methyl/N-ethyl adjacent to an activating group) is 1. The van der Waals surface area contributed by atoms with E-state index in [1.807, 2.05) is 31.3 Å². The van der Waals surface area contributed by atoms with Crippen LogP contribution < -0.4 is 0 Å². The fraction of sp³-hybridized carbons (Fsp3) is 0.353. The molecule has 0 radical (unpaired) electrons. The summed E-state index contributed by atoms with van der Waals surface area (Å²) in [4.78, 5) is 26.1. The van der Waals surface area contributed by atoms with Gasteiger partial charge >= 0.3 is 11.9 Å². The lowest BCUT2D eigenvalue weighted by atomic mass is 10.2. The summed E-state index contributed by atoms with van der Waals surface area (Å²) >= 11 is 0. The number of aliphatic carboxylic acids is 2. The van der Waals surface area contributed by atoms with E-state index in [0.717, 1.165) is 30.9 Å². The van der Waals surface area contributed by atoms with Gasteiger partial charge in [0.05, 0.1) is 0 Å². The van der Waals surface area contributed by atoms with Crippen molar-refractivity contribution in [3.05, 3.63) is 35.9 Å². The van der Waals surface area contributed by atoms with E-state index in [1.54, 1.807) is 12.1 Å². The molecule has 9 heteroatoms. The number of carboxylic acid groups (broad SMARTS) is 2. The highest BCUT2D eigenvalue weighted by atomic mass is 16.4. The number of amidine groups is 1. The molecule has 1 heterocycles. The number of aromatic hydroxyl groups is 1. The van der Waals surface area contributed by atoms with Gasteiger partial charge < -0.3 is 30.4 Å². The van der Waals surface area contributed by atoms with Crippen molar-refractivity contribution in [1.29, 1.82) is 0 Å². The van der Waals surface area contributed by atoms with Crippen LogP contribution in [0.15, 0.2) is 35.3 Å². The van der Waals surface area contributed by atoms with Crippen LogP contribution in [0.5, 0.6) is 5.75 Å². The second-order valence-electron chi connectivity index (χ2n) is 5.51. The standard InChI is InChI=1S/C13H16N2O.C4H6O6/c1-15-9-3-8-14-13(15)7-6-11-4-2-5-12(16)10-11;5-1(3(7)8)2(6)4(9)10/h2,4-7,10,16H,3,8-9H2,1H3;1-2,5-6H,(H,7,8)(H,9,10)/b7-6+;. The van der Waals surface area contributed by atoms with E-state index >= 15 is 0 Å². The monoisotopic (exact) mass is 366 g/mol. The van der Waals surface area contributed by atoms with E-state index in [9.17, 15) is 14.7 Å². The largest absolute Gasteiger partial charge is 0.508 e. The van der Waals surface area contributed by atoms with Crippen LogP contribution in [0.3, 0.4) is 0 Å². The number of rotatable bonds is 5. The number of hydrogen-bond acceptors (Lipinski definition) is 7. The van der Waals surface area contributed by atoms with Crippen LogP contribution in [-0.4, -0.2) is 80.6 Å². The molecule has 0 amide bonds. The second-order valence-corrected chi connectivity index (χ2v) is 5.51. The SMILES string of the molecule is CN1CCCN=C1/C=C/c1cccc(O)c1.O=C(O)C(O)C(O)C(=O)O. The number of nitrogens with zero attached hydrogens (tertiary/aromatic N) is 2. The molecule has 1 aromatic rings.